The number of ether oxygens (including phenoxy) is 3. The Morgan fingerprint density at radius 1 is 1.10 bits per heavy atom. The summed E-state index contributed by atoms with van der Waals surface area (Å²) in [6.07, 6.45) is 5.93. The molecule has 0 saturated carbocycles. The van der Waals surface area contributed by atoms with Crippen molar-refractivity contribution in [3.63, 3.8) is 0 Å². The van der Waals surface area contributed by atoms with Crippen molar-refractivity contribution in [1.82, 2.24) is 9.88 Å². The predicted octanol–water partition coefficient (Wildman–Crippen LogP) is 5.15. The van der Waals surface area contributed by atoms with Crippen LogP contribution in [0.2, 0.25) is 5.02 Å². The van der Waals surface area contributed by atoms with E-state index in [0.29, 0.717) is 35.8 Å². The minimum atomic E-state index is -0.847. The molecule has 0 amide bonds. The van der Waals surface area contributed by atoms with Crippen LogP contribution < -0.4 is 4.74 Å². The Balaban J connectivity index is 1.32. The lowest BCUT2D eigenvalue weighted by Gasteiger charge is -2.38. The number of carbonyl (C=O) groups is 2. The third-order valence-corrected chi connectivity index (χ3v) is 7.79. The Labute approximate surface area is 244 Å². The molecule has 5 rings (SSSR count). The molecule has 0 atom stereocenters. The van der Waals surface area contributed by atoms with Crippen LogP contribution in [0.4, 0.5) is 0 Å². The fraction of sp³-hybridized carbons (Fsp3) is 0.344. The van der Waals surface area contributed by atoms with E-state index >= 15 is 0 Å². The van der Waals surface area contributed by atoms with Gasteiger partial charge in [-0.1, -0.05) is 35.9 Å². The van der Waals surface area contributed by atoms with Gasteiger partial charge in [-0.3, -0.25) is 4.98 Å². The zero-order valence-electron chi connectivity index (χ0n) is 23.0. The van der Waals surface area contributed by atoms with Crippen LogP contribution in [0, 0.1) is 0 Å². The first-order valence-corrected chi connectivity index (χ1v) is 14.2. The Bertz CT molecular complexity index is 1430. The number of carbonyl (C=O) groups excluding carboxylic acids is 2. The van der Waals surface area contributed by atoms with Crippen LogP contribution >= 0.6 is 11.6 Å². The molecule has 0 aliphatic carbocycles. The first-order valence-electron chi connectivity index (χ1n) is 13.8. The van der Waals surface area contributed by atoms with Crippen molar-refractivity contribution in [2.45, 2.75) is 38.4 Å². The Morgan fingerprint density at radius 2 is 1.88 bits per heavy atom. The molecule has 2 aromatic carbocycles. The number of rotatable bonds is 8. The fourth-order valence-corrected chi connectivity index (χ4v) is 5.43. The quantitative estimate of drug-likeness (QED) is 0.368. The Hall–Kier alpha value is -3.72. The molecule has 1 N–H and O–H groups in total. The first kappa shape index (κ1) is 28.8. The van der Waals surface area contributed by atoms with Crippen LogP contribution in [-0.4, -0.2) is 59.8 Å². The molecule has 1 saturated heterocycles. The summed E-state index contributed by atoms with van der Waals surface area (Å²) in [5, 5.41) is 11.9. The number of aromatic nitrogens is 1. The van der Waals surface area contributed by atoms with Crippen molar-refractivity contribution < 1.29 is 28.9 Å². The number of nitrogens with zero attached hydrogens (tertiary/aromatic N) is 2. The summed E-state index contributed by atoms with van der Waals surface area (Å²) >= 11 is 6.03. The number of esters is 2. The summed E-state index contributed by atoms with van der Waals surface area (Å²) in [5.74, 6) is -0.566. The molecule has 3 heterocycles. The SMILES string of the molecule is CCOC(=O)COC(=O)c1ccc2c(c1)/C(=C/CCN1CCC(O)(c3ccc(Cl)cc3)CC1)c1cccnc1CO2. The third-order valence-electron chi connectivity index (χ3n) is 7.54. The van der Waals surface area contributed by atoms with Gasteiger partial charge in [0.2, 0.25) is 0 Å². The van der Waals surface area contributed by atoms with E-state index in [4.69, 9.17) is 25.8 Å². The molecule has 3 aromatic rings. The van der Waals surface area contributed by atoms with Gasteiger partial charge in [0.25, 0.3) is 0 Å². The van der Waals surface area contributed by atoms with Crippen LogP contribution in [0.15, 0.2) is 66.9 Å². The van der Waals surface area contributed by atoms with Gasteiger partial charge in [0, 0.05) is 42.0 Å². The van der Waals surface area contributed by atoms with Gasteiger partial charge < -0.3 is 24.2 Å². The Kier molecular flexibility index (Phi) is 9.03. The van der Waals surface area contributed by atoms with Crippen molar-refractivity contribution >= 4 is 29.1 Å². The maximum absolute atomic E-state index is 12.7. The maximum atomic E-state index is 12.7. The number of fused-ring (bicyclic) bond motifs is 2. The molecule has 2 aliphatic heterocycles. The summed E-state index contributed by atoms with van der Waals surface area (Å²) in [4.78, 5) is 31.3. The van der Waals surface area contributed by atoms with Crippen LogP contribution in [0.1, 0.15) is 58.9 Å². The highest BCUT2D eigenvalue weighted by Crippen LogP contribution is 2.38. The molecular weight excluding hydrogens is 544 g/mol. The zero-order chi connectivity index (χ0) is 28.8. The number of piperidine rings is 1. The third kappa shape index (κ3) is 6.78. The summed E-state index contributed by atoms with van der Waals surface area (Å²) in [7, 11) is 0. The van der Waals surface area contributed by atoms with Crippen molar-refractivity contribution in [2.75, 3.05) is 32.8 Å². The first-order chi connectivity index (χ1) is 19.9. The number of aliphatic hydroxyl groups is 1. The van der Waals surface area contributed by atoms with Gasteiger partial charge in [0.05, 0.1) is 23.5 Å². The zero-order valence-corrected chi connectivity index (χ0v) is 23.7. The van der Waals surface area contributed by atoms with Gasteiger partial charge in [-0.05, 0) is 73.7 Å². The average Bonchev–Trinajstić information content (AvgIpc) is 3.14. The van der Waals surface area contributed by atoms with Gasteiger partial charge in [-0.2, -0.15) is 0 Å². The summed E-state index contributed by atoms with van der Waals surface area (Å²) in [6, 6.07) is 16.5. The van der Waals surface area contributed by atoms with Crippen LogP contribution in [-0.2, 0) is 26.5 Å². The van der Waals surface area contributed by atoms with Crippen molar-refractivity contribution in [1.29, 1.82) is 0 Å². The molecule has 41 heavy (non-hydrogen) atoms. The number of benzene rings is 2. The van der Waals surface area contributed by atoms with E-state index in [2.05, 4.69) is 16.0 Å². The van der Waals surface area contributed by atoms with E-state index in [1.807, 2.05) is 36.4 Å². The molecule has 214 valence electrons. The molecule has 9 heteroatoms. The van der Waals surface area contributed by atoms with E-state index in [1.54, 1.807) is 31.3 Å². The van der Waals surface area contributed by atoms with E-state index in [-0.39, 0.29) is 6.61 Å². The lowest BCUT2D eigenvalue weighted by molar-refractivity contribution is -0.146. The number of hydrogen-bond acceptors (Lipinski definition) is 8. The van der Waals surface area contributed by atoms with Crippen molar-refractivity contribution in [3.05, 3.63) is 99.8 Å². The normalized spacial score (nSPS) is 17.1. The van der Waals surface area contributed by atoms with E-state index in [0.717, 1.165) is 54.0 Å². The Morgan fingerprint density at radius 3 is 2.63 bits per heavy atom. The molecule has 0 spiro atoms. The standard InChI is InChI=1S/C32H33ClN2O6/c1-2-39-30(36)21-41-31(37)22-7-12-29-27(19-22)25(26-5-3-15-34-28(26)20-40-29)6-4-16-35-17-13-32(38,14-18-35)23-8-10-24(33)11-9-23/h3,5-12,15,19,38H,2,4,13-14,16-18,20-21H2,1H3/b25-6+. The second-order valence-corrected chi connectivity index (χ2v) is 10.6. The fourth-order valence-electron chi connectivity index (χ4n) is 5.30. The molecule has 2 aliphatic rings. The van der Waals surface area contributed by atoms with Gasteiger partial charge in [-0.25, -0.2) is 9.59 Å². The van der Waals surface area contributed by atoms with Crippen molar-refractivity contribution in [2.24, 2.45) is 0 Å². The number of likely N-dealkylation sites (tertiary alicyclic amines) is 1. The summed E-state index contributed by atoms with van der Waals surface area (Å²) < 4.78 is 16.1. The summed E-state index contributed by atoms with van der Waals surface area (Å²) in [5.41, 5.74) is 3.81. The monoisotopic (exact) mass is 576 g/mol. The molecule has 8 nitrogen and oxygen atoms in total. The second-order valence-electron chi connectivity index (χ2n) is 10.2. The maximum Gasteiger partial charge on any atom is 0.344 e. The van der Waals surface area contributed by atoms with Gasteiger partial charge in [0.15, 0.2) is 6.61 Å². The highest BCUT2D eigenvalue weighted by atomic mass is 35.5. The summed E-state index contributed by atoms with van der Waals surface area (Å²) in [6.45, 7) is 4.13. The highest BCUT2D eigenvalue weighted by Gasteiger charge is 2.33. The van der Waals surface area contributed by atoms with E-state index in [9.17, 15) is 14.7 Å². The molecule has 0 bridgehead atoms. The van der Waals surface area contributed by atoms with Crippen LogP contribution in [0.3, 0.4) is 0 Å². The minimum Gasteiger partial charge on any atom is -0.487 e. The highest BCUT2D eigenvalue weighted by molar-refractivity contribution is 6.30. The molecule has 1 aromatic heterocycles. The lowest BCUT2D eigenvalue weighted by atomic mass is 9.84. The van der Waals surface area contributed by atoms with Crippen LogP contribution in [0.25, 0.3) is 5.57 Å². The minimum absolute atomic E-state index is 0.217. The van der Waals surface area contributed by atoms with Gasteiger partial charge in [0.1, 0.15) is 12.4 Å². The van der Waals surface area contributed by atoms with Crippen molar-refractivity contribution in [3.8, 4) is 5.75 Å². The molecule has 0 unspecified atom stereocenters. The predicted molar refractivity (Wildman–Crippen MR) is 155 cm³/mol. The number of hydrogen-bond donors (Lipinski definition) is 1. The number of halogens is 1. The molecule has 0 radical (unpaired) electrons. The van der Waals surface area contributed by atoms with E-state index in [1.165, 1.54) is 0 Å². The van der Waals surface area contributed by atoms with Gasteiger partial charge >= 0.3 is 11.9 Å². The molecular formula is C32H33ClN2O6. The van der Waals surface area contributed by atoms with Gasteiger partial charge in [-0.15, -0.1) is 0 Å². The topological polar surface area (TPSA) is 98.2 Å². The van der Waals surface area contributed by atoms with Crippen LogP contribution in [0.5, 0.6) is 5.75 Å². The molecule has 1 fully saturated rings. The second kappa shape index (κ2) is 12.9. The lowest BCUT2D eigenvalue weighted by Crippen LogP contribution is -2.42. The largest absolute Gasteiger partial charge is 0.487 e. The van der Waals surface area contributed by atoms with E-state index < -0.39 is 24.1 Å². The average molecular weight is 577 g/mol. The smallest absolute Gasteiger partial charge is 0.344 e. The number of pyridine rings is 1.